The molecule has 1 aliphatic heterocycles. The zero-order chi connectivity index (χ0) is 21.1. The Morgan fingerprint density at radius 3 is 2.57 bits per heavy atom. The van der Waals surface area contributed by atoms with Crippen molar-refractivity contribution in [3.05, 3.63) is 22.7 Å². The van der Waals surface area contributed by atoms with Gasteiger partial charge in [-0.25, -0.2) is 9.18 Å². The van der Waals surface area contributed by atoms with Crippen LogP contribution >= 0.6 is 0 Å². The minimum absolute atomic E-state index is 0.0307. The molecule has 0 aromatic carbocycles. The summed E-state index contributed by atoms with van der Waals surface area (Å²) in [6.45, 7) is 2.42. The van der Waals surface area contributed by atoms with Crippen molar-refractivity contribution in [1.29, 1.82) is 0 Å². The molecule has 0 spiro atoms. The summed E-state index contributed by atoms with van der Waals surface area (Å²) in [6, 6.07) is 1.29. The molecule has 0 aliphatic carbocycles. The van der Waals surface area contributed by atoms with Crippen LogP contribution in [0.4, 0.5) is 10.2 Å². The lowest BCUT2D eigenvalue weighted by atomic mass is 9.88. The summed E-state index contributed by atoms with van der Waals surface area (Å²) in [5.74, 6) is -1.41. The molecule has 2 rings (SSSR count). The molecule has 1 aromatic heterocycles. The first-order valence-electron chi connectivity index (χ1n) is 8.77. The molecule has 1 fully saturated rings. The summed E-state index contributed by atoms with van der Waals surface area (Å²) in [5, 5.41) is 11.1. The van der Waals surface area contributed by atoms with Crippen molar-refractivity contribution >= 4 is 17.8 Å². The van der Waals surface area contributed by atoms with E-state index in [1.807, 2.05) is 0 Å². The zero-order valence-corrected chi connectivity index (χ0v) is 15.9. The van der Waals surface area contributed by atoms with Gasteiger partial charge in [-0.2, -0.15) is 4.98 Å². The van der Waals surface area contributed by atoms with Gasteiger partial charge >= 0.3 is 17.6 Å². The highest BCUT2D eigenvalue weighted by molar-refractivity contribution is 5.70. The Labute approximate surface area is 160 Å². The number of hydrogen-bond donors (Lipinski definition) is 2. The predicted molar refractivity (Wildman–Crippen MR) is 93.8 cm³/mol. The van der Waals surface area contributed by atoms with E-state index in [1.54, 1.807) is 6.92 Å². The van der Waals surface area contributed by atoms with Crippen LogP contribution in [-0.2, 0) is 23.8 Å². The van der Waals surface area contributed by atoms with Gasteiger partial charge < -0.3 is 25.1 Å². The number of alkyl halides is 1. The summed E-state index contributed by atoms with van der Waals surface area (Å²) >= 11 is 0. The van der Waals surface area contributed by atoms with Crippen molar-refractivity contribution in [1.82, 2.24) is 9.55 Å². The van der Waals surface area contributed by atoms with Gasteiger partial charge in [0.15, 0.2) is 17.9 Å². The van der Waals surface area contributed by atoms with Crippen LogP contribution in [0, 0.1) is 0 Å². The predicted octanol–water partition coefficient (Wildman–Crippen LogP) is 0.0886. The Kier molecular flexibility index (Phi) is 6.40. The van der Waals surface area contributed by atoms with Crippen LogP contribution in [0.5, 0.6) is 0 Å². The molecule has 3 N–H and O–H groups in total. The summed E-state index contributed by atoms with van der Waals surface area (Å²) in [5.41, 5.74) is 0.557. The molecule has 0 amide bonds. The molecule has 11 heteroatoms. The minimum atomic E-state index is -2.04. The fourth-order valence-electron chi connectivity index (χ4n) is 3.00. The SMILES string of the molecule is CCC(=O)OCC1(CF)OC(n2ccc(N)nc2=O)C(C)(O)C1OC(=O)CC. The number of nitrogens with two attached hydrogens (primary N) is 1. The third kappa shape index (κ3) is 3.99. The van der Waals surface area contributed by atoms with Crippen molar-refractivity contribution < 1.29 is 33.3 Å². The minimum Gasteiger partial charge on any atom is -0.462 e. The summed E-state index contributed by atoms with van der Waals surface area (Å²) in [4.78, 5) is 39.2. The summed E-state index contributed by atoms with van der Waals surface area (Å²) in [6.07, 6.45) is -1.83. The molecular formula is C17H24FN3O7. The van der Waals surface area contributed by atoms with Gasteiger partial charge in [-0.15, -0.1) is 0 Å². The monoisotopic (exact) mass is 401 g/mol. The molecule has 4 unspecified atom stereocenters. The molecule has 1 aromatic rings. The van der Waals surface area contributed by atoms with Gasteiger partial charge in [0.25, 0.3) is 0 Å². The van der Waals surface area contributed by atoms with Crippen molar-refractivity contribution in [2.24, 2.45) is 0 Å². The van der Waals surface area contributed by atoms with Crippen molar-refractivity contribution in [3.8, 4) is 0 Å². The summed E-state index contributed by atoms with van der Waals surface area (Å²) < 4.78 is 31.0. The number of nitrogens with zero attached hydrogens (tertiary/aromatic N) is 2. The largest absolute Gasteiger partial charge is 0.462 e. The maximum atomic E-state index is 14.2. The van der Waals surface area contributed by atoms with Crippen LogP contribution in [0.25, 0.3) is 0 Å². The number of aliphatic hydroxyl groups is 1. The van der Waals surface area contributed by atoms with E-state index < -0.39 is 54.4 Å². The first kappa shape index (κ1) is 21.8. The lowest BCUT2D eigenvalue weighted by molar-refractivity contribution is -0.183. The first-order valence-corrected chi connectivity index (χ1v) is 8.77. The van der Waals surface area contributed by atoms with Crippen LogP contribution in [0.2, 0.25) is 0 Å². The molecule has 0 saturated carbocycles. The van der Waals surface area contributed by atoms with E-state index in [0.717, 1.165) is 4.57 Å². The molecule has 4 atom stereocenters. The molecular weight excluding hydrogens is 377 g/mol. The smallest absolute Gasteiger partial charge is 0.351 e. The Balaban J connectivity index is 2.51. The van der Waals surface area contributed by atoms with Gasteiger partial charge in [-0.3, -0.25) is 14.2 Å². The highest BCUT2D eigenvalue weighted by Crippen LogP contribution is 2.46. The van der Waals surface area contributed by atoms with Crippen molar-refractivity contribution in [2.75, 3.05) is 19.0 Å². The topological polar surface area (TPSA) is 143 Å². The number of ether oxygens (including phenoxy) is 3. The first-order chi connectivity index (χ1) is 13.1. The molecule has 28 heavy (non-hydrogen) atoms. The van der Waals surface area contributed by atoms with E-state index in [2.05, 4.69) is 4.98 Å². The third-order valence-corrected chi connectivity index (χ3v) is 4.49. The van der Waals surface area contributed by atoms with Gasteiger partial charge in [0.05, 0.1) is 0 Å². The van der Waals surface area contributed by atoms with Crippen LogP contribution < -0.4 is 11.4 Å². The number of rotatable bonds is 7. The van der Waals surface area contributed by atoms with E-state index in [1.165, 1.54) is 26.1 Å². The van der Waals surface area contributed by atoms with Crippen LogP contribution in [0.15, 0.2) is 17.1 Å². The van der Waals surface area contributed by atoms with Gasteiger partial charge in [0.2, 0.25) is 0 Å². The average molecular weight is 401 g/mol. The van der Waals surface area contributed by atoms with E-state index in [0.29, 0.717) is 0 Å². The number of carbonyl (C=O) groups excluding carboxylic acids is 2. The van der Waals surface area contributed by atoms with E-state index in [-0.39, 0.29) is 18.7 Å². The number of halogens is 1. The highest BCUT2D eigenvalue weighted by atomic mass is 19.1. The molecule has 1 aliphatic rings. The number of aromatic nitrogens is 2. The fourth-order valence-corrected chi connectivity index (χ4v) is 3.00. The van der Waals surface area contributed by atoms with Gasteiger partial charge in [-0.05, 0) is 13.0 Å². The van der Waals surface area contributed by atoms with E-state index in [4.69, 9.17) is 19.9 Å². The zero-order valence-electron chi connectivity index (χ0n) is 15.9. The second-order valence-corrected chi connectivity index (χ2v) is 6.67. The average Bonchev–Trinajstić information content (AvgIpc) is 2.87. The van der Waals surface area contributed by atoms with Gasteiger partial charge in [0, 0.05) is 19.0 Å². The van der Waals surface area contributed by atoms with Gasteiger partial charge in [-0.1, -0.05) is 13.8 Å². The maximum Gasteiger partial charge on any atom is 0.351 e. The lowest BCUT2D eigenvalue weighted by Crippen LogP contribution is -2.55. The molecule has 156 valence electrons. The number of anilines is 1. The Hall–Kier alpha value is -2.53. The molecule has 10 nitrogen and oxygen atoms in total. The lowest BCUT2D eigenvalue weighted by Gasteiger charge is -2.33. The molecule has 0 radical (unpaired) electrons. The van der Waals surface area contributed by atoms with E-state index in [9.17, 15) is 23.9 Å². The third-order valence-electron chi connectivity index (χ3n) is 4.49. The summed E-state index contributed by atoms with van der Waals surface area (Å²) in [7, 11) is 0. The van der Waals surface area contributed by atoms with Gasteiger partial charge in [0.1, 0.15) is 24.7 Å². The highest BCUT2D eigenvalue weighted by Gasteiger charge is 2.65. The van der Waals surface area contributed by atoms with Crippen molar-refractivity contribution in [3.63, 3.8) is 0 Å². The quantitative estimate of drug-likeness (QED) is 0.607. The normalized spacial score (nSPS) is 29.5. The molecule has 1 saturated heterocycles. The number of nitrogen functional groups attached to an aromatic ring is 1. The second-order valence-electron chi connectivity index (χ2n) is 6.67. The molecule has 0 bridgehead atoms. The van der Waals surface area contributed by atoms with E-state index >= 15 is 0 Å². The molecule has 2 heterocycles. The number of esters is 2. The Morgan fingerprint density at radius 1 is 1.39 bits per heavy atom. The number of carbonyl (C=O) groups is 2. The Morgan fingerprint density at radius 2 is 2.04 bits per heavy atom. The standard InChI is InChI=1S/C17H24FN3O7/c1-4-11(22)26-9-17(8-18)13(27-12(23)5-2)16(3,25)14(28-17)21-7-6-10(19)20-15(21)24/h6-7,13-14,25H,4-5,8-9H2,1-3H3,(H2,19,20,24). The number of hydrogen-bond acceptors (Lipinski definition) is 9. The van der Waals surface area contributed by atoms with Crippen LogP contribution in [-0.4, -0.2) is 57.2 Å². The van der Waals surface area contributed by atoms with Crippen LogP contribution in [0.1, 0.15) is 39.8 Å². The second kappa shape index (κ2) is 8.23. The van der Waals surface area contributed by atoms with Crippen LogP contribution in [0.3, 0.4) is 0 Å². The van der Waals surface area contributed by atoms with Crippen molar-refractivity contribution in [2.45, 2.75) is 57.1 Å². The Bertz CT molecular complexity index is 797. The fraction of sp³-hybridized carbons (Fsp3) is 0.647. The maximum absolute atomic E-state index is 14.2.